The molecule has 1 atom stereocenters. The quantitative estimate of drug-likeness (QED) is 0.501. The maximum Gasteiger partial charge on any atom is 0.123 e. The SMILES string of the molecule is NNC(CSc1ccc(F)cc1)c1cccc(F)c1. The molecule has 2 aromatic carbocycles. The molecule has 0 saturated carbocycles. The van der Waals surface area contributed by atoms with E-state index in [4.69, 9.17) is 5.84 Å². The second-order valence-corrected chi connectivity index (χ2v) is 5.13. The zero-order chi connectivity index (χ0) is 13.7. The number of hydrogen-bond acceptors (Lipinski definition) is 3. The van der Waals surface area contributed by atoms with Crippen molar-refractivity contribution in [1.82, 2.24) is 5.43 Å². The minimum atomic E-state index is -0.287. The second kappa shape index (κ2) is 6.65. The van der Waals surface area contributed by atoms with Crippen molar-refractivity contribution < 1.29 is 8.78 Å². The van der Waals surface area contributed by atoms with Gasteiger partial charge >= 0.3 is 0 Å². The molecule has 0 bridgehead atoms. The van der Waals surface area contributed by atoms with E-state index in [0.29, 0.717) is 5.75 Å². The summed E-state index contributed by atoms with van der Waals surface area (Å²) in [5, 5.41) is 0. The molecular formula is C14H14F2N2S. The van der Waals surface area contributed by atoms with Crippen molar-refractivity contribution in [1.29, 1.82) is 0 Å². The third-order valence-corrected chi connectivity index (χ3v) is 3.79. The summed E-state index contributed by atoms with van der Waals surface area (Å²) in [6.45, 7) is 0. The summed E-state index contributed by atoms with van der Waals surface area (Å²) in [4.78, 5) is 0.943. The van der Waals surface area contributed by atoms with E-state index in [-0.39, 0.29) is 17.7 Å². The van der Waals surface area contributed by atoms with Gasteiger partial charge in [0.15, 0.2) is 0 Å². The lowest BCUT2D eigenvalue weighted by atomic mass is 10.1. The van der Waals surface area contributed by atoms with Gasteiger partial charge in [-0.1, -0.05) is 12.1 Å². The molecule has 2 nitrogen and oxygen atoms in total. The molecule has 2 rings (SSSR count). The molecule has 0 aliphatic carbocycles. The van der Waals surface area contributed by atoms with E-state index in [1.807, 2.05) is 6.07 Å². The normalized spacial score (nSPS) is 12.4. The van der Waals surface area contributed by atoms with Crippen molar-refractivity contribution in [2.45, 2.75) is 10.9 Å². The molecule has 0 aromatic heterocycles. The fourth-order valence-electron chi connectivity index (χ4n) is 1.67. The highest BCUT2D eigenvalue weighted by molar-refractivity contribution is 7.99. The summed E-state index contributed by atoms with van der Waals surface area (Å²) in [5.74, 6) is 5.58. The van der Waals surface area contributed by atoms with Crippen LogP contribution >= 0.6 is 11.8 Å². The molecule has 0 aliphatic heterocycles. The largest absolute Gasteiger partial charge is 0.271 e. The van der Waals surface area contributed by atoms with Gasteiger partial charge in [-0.25, -0.2) is 8.78 Å². The molecule has 0 saturated heterocycles. The van der Waals surface area contributed by atoms with Crippen LogP contribution in [0.15, 0.2) is 53.4 Å². The zero-order valence-electron chi connectivity index (χ0n) is 10.1. The van der Waals surface area contributed by atoms with Crippen LogP contribution in [0.1, 0.15) is 11.6 Å². The highest BCUT2D eigenvalue weighted by Crippen LogP contribution is 2.24. The Hall–Kier alpha value is -1.43. The number of nitrogens with one attached hydrogen (secondary N) is 1. The first-order valence-electron chi connectivity index (χ1n) is 5.79. The molecule has 19 heavy (non-hydrogen) atoms. The van der Waals surface area contributed by atoms with Crippen molar-refractivity contribution in [3.05, 3.63) is 65.7 Å². The summed E-state index contributed by atoms with van der Waals surface area (Å²) in [6.07, 6.45) is 0. The average Bonchev–Trinajstić information content (AvgIpc) is 2.42. The van der Waals surface area contributed by atoms with Crippen molar-refractivity contribution >= 4 is 11.8 Å². The highest BCUT2D eigenvalue weighted by atomic mass is 32.2. The Morgan fingerprint density at radius 3 is 2.42 bits per heavy atom. The van der Waals surface area contributed by atoms with Gasteiger partial charge in [-0.2, -0.15) is 0 Å². The van der Waals surface area contributed by atoms with Crippen LogP contribution in [0.5, 0.6) is 0 Å². The molecule has 2 aromatic rings. The lowest BCUT2D eigenvalue weighted by molar-refractivity contribution is 0.591. The lowest BCUT2D eigenvalue weighted by Gasteiger charge is -2.16. The fraction of sp³-hybridized carbons (Fsp3) is 0.143. The van der Waals surface area contributed by atoms with Gasteiger partial charge in [0, 0.05) is 10.6 Å². The van der Waals surface area contributed by atoms with Gasteiger partial charge in [-0.05, 0) is 42.0 Å². The van der Waals surface area contributed by atoms with Crippen LogP contribution in [0.25, 0.3) is 0 Å². The lowest BCUT2D eigenvalue weighted by Crippen LogP contribution is -2.29. The molecule has 0 amide bonds. The number of nitrogens with two attached hydrogens (primary N) is 1. The van der Waals surface area contributed by atoms with Crippen LogP contribution in [0, 0.1) is 11.6 Å². The monoisotopic (exact) mass is 280 g/mol. The third-order valence-electron chi connectivity index (χ3n) is 2.68. The van der Waals surface area contributed by atoms with Crippen molar-refractivity contribution in [3.8, 4) is 0 Å². The Morgan fingerprint density at radius 2 is 1.79 bits per heavy atom. The molecule has 3 N–H and O–H groups in total. The van der Waals surface area contributed by atoms with Crippen molar-refractivity contribution in [2.24, 2.45) is 5.84 Å². The van der Waals surface area contributed by atoms with Crippen molar-refractivity contribution in [2.75, 3.05) is 5.75 Å². The summed E-state index contributed by atoms with van der Waals surface area (Å²) in [7, 11) is 0. The molecule has 0 heterocycles. The molecule has 0 aliphatic rings. The summed E-state index contributed by atoms with van der Waals surface area (Å²) < 4.78 is 25.9. The fourth-order valence-corrected chi connectivity index (χ4v) is 2.65. The van der Waals surface area contributed by atoms with Gasteiger partial charge in [0.25, 0.3) is 0 Å². The minimum absolute atomic E-state index is 0.161. The summed E-state index contributed by atoms with van der Waals surface area (Å²) in [5.41, 5.74) is 3.45. The standard InChI is InChI=1S/C14H14F2N2S/c15-11-4-6-13(7-5-11)19-9-14(18-17)10-2-1-3-12(16)8-10/h1-8,14,18H,9,17H2. The van der Waals surface area contributed by atoms with Crippen molar-refractivity contribution in [3.63, 3.8) is 0 Å². The van der Waals surface area contributed by atoms with Gasteiger partial charge in [0.2, 0.25) is 0 Å². The maximum absolute atomic E-state index is 13.2. The van der Waals surface area contributed by atoms with Crippen LogP contribution in [-0.4, -0.2) is 5.75 Å². The second-order valence-electron chi connectivity index (χ2n) is 4.04. The van der Waals surface area contributed by atoms with Crippen LogP contribution in [-0.2, 0) is 0 Å². The molecule has 0 radical (unpaired) electrons. The summed E-state index contributed by atoms with van der Waals surface area (Å²) in [6, 6.07) is 12.4. The first-order valence-corrected chi connectivity index (χ1v) is 6.77. The van der Waals surface area contributed by atoms with E-state index in [2.05, 4.69) is 5.43 Å². The Morgan fingerprint density at radius 1 is 1.05 bits per heavy atom. The van der Waals surface area contributed by atoms with E-state index in [9.17, 15) is 8.78 Å². The molecule has 0 spiro atoms. The minimum Gasteiger partial charge on any atom is -0.271 e. The van der Waals surface area contributed by atoms with Gasteiger partial charge < -0.3 is 0 Å². The maximum atomic E-state index is 13.2. The Labute approximate surface area is 115 Å². The van der Waals surface area contributed by atoms with Crippen LogP contribution in [0.2, 0.25) is 0 Å². The van der Waals surface area contributed by atoms with Gasteiger partial charge in [-0.3, -0.25) is 11.3 Å². The van der Waals surface area contributed by atoms with Crippen LogP contribution < -0.4 is 11.3 Å². The molecule has 0 fully saturated rings. The van der Waals surface area contributed by atoms with Crippen LogP contribution in [0.4, 0.5) is 8.78 Å². The highest BCUT2D eigenvalue weighted by Gasteiger charge is 2.10. The molecular weight excluding hydrogens is 266 g/mol. The molecule has 5 heteroatoms. The van der Waals surface area contributed by atoms with Gasteiger partial charge in [-0.15, -0.1) is 11.8 Å². The Balaban J connectivity index is 2.01. The predicted octanol–water partition coefficient (Wildman–Crippen LogP) is 3.26. The van der Waals surface area contributed by atoms with Gasteiger partial charge in [0.1, 0.15) is 11.6 Å². The van der Waals surface area contributed by atoms with E-state index >= 15 is 0 Å². The molecule has 1 unspecified atom stereocenters. The van der Waals surface area contributed by atoms with Gasteiger partial charge in [0.05, 0.1) is 6.04 Å². The first-order chi connectivity index (χ1) is 9.19. The average molecular weight is 280 g/mol. The number of halogens is 2. The number of hydrazine groups is 1. The Kier molecular flexibility index (Phi) is 4.90. The summed E-state index contributed by atoms with van der Waals surface area (Å²) >= 11 is 1.53. The molecule has 100 valence electrons. The van der Waals surface area contributed by atoms with Crippen LogP contribution in [0.3, 0.4) is 0 Å². The first kappa shape index (κ1) is 14.0. The van der Waals surface area contributed by atoms with E-state index in [1.165, 1.54) is 36.0 Å². The number of thioether (sulfide) groups is 1. The van der Waals surface area contributed by atoms with E-state index < -0.39 is 0 Å². The number of hydrogen-bond donors (Lipinski definition) is 2. The topological polar surface area (TPSA) is 38.0 Å². The number of rotatable bonds is 5. The third kappa shape index (κ3) is 4.02. The van der Waals surface area contributed by atoms with E-state index in [0.717, 1.165) is 10.5 Å². The van der Waals surface area contributed by atoms with E-state index in [1.54, 1.807) is 18.2 Å². The Bertz CT molecular complexity index is 531. The smallest absolute Gasteiger partial charge is 0.123 e. The predicted molar refractivity (Wildman–Crippen MR) is 73.6 cm³/mol. The zero-order valence-corrected chi connectivity index (χ0v) is 11.0. The number of benzene rings is 2.